The average molecular weight is 370 g/mol. The minimum atomic E-state index is 0.0707. The Hall–Kier alpha value is -1.73. The number of rotatable bonds is 7. The van der Waals surface area contributed by atoms with Crippen molar-refractivity contribution in [3.05, 3.63) is 57.8 Å². The molecule has 2 aliphatic rings. The minimum absolute atomic E-state index is 0.0707. The number of thiophene rings is 1. The molecule has 3 N–H and O–H groups in total. The Balaban J connectivity index is 1.27. The van der Waals surface area contributed by atoms with Crippen LogP contribution in [-0.2, 0) is 13.1 Å². The van der Waals surface area contributed by atoms with Gasteiger partial charge >= 0.3 is 0 Å². The first-order chi connectivity index (χ1) is 12.9. The van der Waals surface area contributed by atoms with Crippen molar-refractivity contribution >= 4 is 17.2 Å². The predicted octanol–water partition coefficient (Wildman–Crippen LogP) is 2.70. The molecule has 1 aromatic heterocycles. The highest BCUT2D eigenvalue weighted by atomic mass is 32.1. The van der Waals surface area contributed by atoms with E-state index in [1.165, 1.54) is 47.7 Å². The number of likely N-dealkylation sites (tertiary alicyclic amines) is 1. The molecule has 0 aliphatic carbocycles. The first kappa shape index (κ1) is 17.7. The highest BCUT2D eigenvalue weighted by Gasteiger charge is 2.19. The van der Waals surface area contributed by atoms with Crippen LogP contribution in [-0.4, -0.2) is 36.5 Å². The molecule has 4 rings (SSSR count). The van der Waals surface area contributed by atoms with Crippen molar-refractivity contribution in [1.29, 1.82) is 0 Å². The Bertz CT molecular complexity index is 721. The molecule has 5 nitrogen and oxygen atoms in total. The van der Waals surface area contributed by atoms with Crippen LogP contribution < -0.4 is 16.2 Å². The lowest BCUT2D eigenvalue weighted by Gasteiger charge is -2.25. The van der Waals surface area contributed by atoms with Crippen molar-refractivity contribution in [3.63, 3.8) is 0 Å². The number of amidine groups is 1. The summed E-state index contributed by atoms with van der Waals surface area (Å²) in [4.78, 5) is 9.99. The number of hydrazine groups is 1. The third-order valence-corrected chi connectivity index (χ3v) is 5.95. The number of hydrogen-bond acceptors (Lipinski definition) is 6. The summed E-state index contributed by atoms with van der Waals surface area (Å²) in [7, 11) is 0. The fraction of sp³-hybridized carbons (Fsp3) is 0.450. The van der Waals surface area contributed by atoms with Crippen LogP contribution in [0.5, 0.6) is 0 Å². The number of piperidine rings is 1. The van der Waals surface area contributed by atoms with Gasteiger partial charge in [-0.2, -0.15) is 0 Å². The molecule has 0 amide bonds. The second-order valence-corrected chi connectivity index (χ2v) is 8.15. The lowest BCUT2D eigenvalue weighted by atomic mass is 10.1. The van der Waals surface area contributed by atoms with E-state index in [0.717, 1.165) is 25.5 Å². The van der Waals surface area contributed by atoms with Gasteiger partial charge in [-0.15, -0.1) is 11.3 Å². The molecular formula is C20H27N5S. The molecule has 1 unspecified atom stereocenters. The fourth-order valence-electron chi connectivity index (χ4n) is 3.47. The maximum atomic E-state index is 4.78. The monoisotopic (exact) mass is 369 g/mol. The normalized spacial score (nSPS) is 20.8. The van der Waals surface area contributed by atoms with Gasteiger partial charge in [-0.3, -0.25) is 4.90 Å². The molecular weight excluding hydrogens is 342 g/mol. The summed E-state index contributed by atoms with van der Waals surface area (Å²) in [6.07, 6.45) is 4.14. The van der Waals surface area contributed by atoms with Crippen LogP contribution in [0.3, 0.4) is 0 Å². The molecule has 3 heterocycles. The highest BCUT2D eigenvalue weighted by Crippen LogP contribution is 2.21. The van der Waals surface area contributed by atoms with Gasteiger partial charge < -0.3 is 10.7 Å². The second kappa shape index (κ2) is 8.77. The molecule has 0 radical (unpaired) electrons. The SMILES string of the molecule is c1ccc(CNCC2N=C(c3ccc(CN4CCCCC4)s3)NN2)cc1. The first-order valence-electron chi connectivity index (χ1n) is 9.52. The van der Waals surface area contributed by atoms with Crippen molar-refractivity contribution in [2.24, 2.45) is 4.99 Å². The second-order valence-electron chi connectivity index (χ2n) is 6.98. The van der Waals surface area contributed by atoms with Crippen LogP contribution in [0.4, 0.5) is 0 Å². The Morgan fingerprint density at radius 1 is 1.08 bits per heavy atom. The van der Waals surface area contributed by atoms with Gasteiger partial charge in [0.05, 0.1) is 4.88 Å². The lowest BCUT2D eigenvalue weighted by Crippen LogP contribution is -2.40. The molecule has 0 saturated carbocycles. The zero-order valence-electron chi connectivity index (χ0n) is 15.1. The number of nitrogens with one attached hydrogen (secondary N) is 3. The largest absolute Gasteiger partial charge is 0.309 e. The summed E-state index contributed by atoms with van der Waals surface area (Å²) < 4.78 is 0. The smallest absolute Gasteiger partial charge is 0.154 e. The molecule has 26 heavy (non-hydrogen) atoms. The Labute approximate surface area is 159 Å². The van der Waals surface area contributed by atoms with Crippen LogP contribution in [0.25, 0.3) is 0 Å². The van der Waals surface area contributed by atoms with Gasteiger partial charge in [-0.1, -0.05) is 36.8 Å². The number of benzene rings is 1. The van der Waals surface area contributed by atoms with E-state index in [1.54, 1.807) is 0 Å². The molecule has 2 aliphatic heterocycles. The summed E-state index contributed by atoms with van der Waals surface area (Å²) in [5.41, 5.74) is 7.80. The van der Waals surface area contributed by atoms with Gasteiger partial charge in [0, 0.05) is 24.5 Å². The molecule has 2 aromatic rings. The predicted molar refractivity (Wildman–Crippen MR) is 108 cm³/mol. The van der Waals surface area contributed by atoms with E-state index in [-0.39, 0.29) is 6.17 Å². The van der Waals surface area contributed by atoms with E-state index in [2.05, 4.69) is 57.5 Å². The summed E-state index contributed by atoms with van der Waals surface area (Å²) >= 11 is 1.85. The summed E-state index contributed by atoms with van der Waals surface area (Å²) in [6, 6.07) is 14.9. The zero-order valence-corrected chi connectivity index (χ0v) is 15.9. The summed E-state index contributed by atoms with van der Waals surface area (Å²) in [6.45, 7) is 5.22. The maximum Gasteiger partial charge on any atom is 0.154 e. The maximum absolute atomic E-state index is 4.78. The van der Waals surface area contributed by atoms with E-state index in [0.29, 0.717) is 0 Å². The molecule has 0 bridgehead atoms. The Morgan fingerprint density at radius 3 is 2.77 bits per heavy atom. The van der Waals surface area contributed by atoms with Gasteiger partial charge in [-0.05, 0) is 43.6 Å². The Morgan fingerprint density at radius 2 is 1.92 bits per heavy atom. The molecule has 1 fully saturated rings. The van der Waals surface area contributed by atoms with Gasteiger partial charge in [0.25, 0.3) is 0 Å². The molecule has 1 atom stereocenters. The van der Waals surface area contributed by atoms with Crippen LogP contribution in [0.2, 0.25) is 0 Å². The van der Waals surface area contributed by atoms with E-state index in [9.17, 15) is 0 Å². The third-order valence-electron chi connectivity index (χ3n) is 4.87. The molecule has 0 spiro atoms. The van der Waals surface area contributed by atoms with Gasteiger partial charge in [0.1, 0.15) is 6.17 Å². The van der Waals surface area contributed by atoms with Gasteiger partial charge in [0.15, 0.2) is 5.84 Å². The average Bonchev–Trinajstić information content (AvgIpc) is 3.33. The number of aliphatic imine (C=N–C) groups is 1. The van der Waals surface area contributed by atoms with Crippen LogP contribution in [0.1, 0.15) is 34.6 Å². The van der Waals surface area contributed by atoms with E-state index < -0.39 is 0 Å². The van der Waals surface area contributed by atoms with E-state index in [4.69, 9.17) is 4.99 Å². The van der Waals surface area contributed by atoms with Crippen LogP contribution >= 0.6 is 11.3 Å². The number of nitrogens with zero attached hydrogens (tertiary/aromatic N) is 2. The first-order valence-corrected chi connectivity index (χ1v) is 10.3. The van der Waals surface area contributed by atoms with Crippen molar-refractivity contribution < 1.29 is 0 Å². The summed E-state index contributed by atoms with van der Waals surface area (Å²) in [5, 5.41) is 3.46. The topological polar surface area (TPSA) is 51.7 Å². The molecule has 138 valence electrons. The fourth-order valence-corrected chi connectivity index (χ4v) is 4.47. The van der Waals surface area contributed by atoms with Crippen molar-refractivity contribution in [3.8, 4) is 0 Å². The quantitative estimate of drug-likeness (QED) is 0.702. The summed E-state index contributed by atoms with van der Waals surface area (Å²) in [5.74, 6) is 0.964. The third kappa shape index (κ3) is 4.71. The standard InChI is InChI=1S/C20H27N5S/c1-3-7-16(8-4-1)13-21-14-19-22-20(24-23-19)18-10-9-17(26-18)15-25-11-5-2-6-12-25/h1,3-4,7-10,19,21,23H,2,5-6,11-15H2,(H,22,24). The van der Waals surface area contributed by atoms with Gasteiger partial charge in [-0.25, -0.2) is 10.4 Å². The zero-order chi connectivity index (χ0) is 17.6. The van der Waals surface area contributed by atoms with Crippen LogP contribution in [0.15, 0.2) is 47.5 Å². The lowest BCUT2D eigenvalue weighted by molar-refractivity contribution is 0.222. The molecule has 1 saturated heterocycles. The molecule has 1 aromatic carbocycles. The molecule has 6 heteroatoms. The van der Waals surface area contributed by atoms with E-state index >= 15 is 0 Å². The Kier molecular flexibility index (Phi) is 5.96. The van der Waals surface area contributed by atoms with Crippen molar-refractivity contribution in [2.45, 2.75) is 38.5 Å². The highest BCUT2D eigenvalue weighted by molar-refractivity contribution is 7.14. The van der Waals surface area contributed by atoms with Gasteiger partial charge in [0.2, 0.25) is 0 Å². The van der Waals surface area contributed by atoms with E-state index in [1.807, 2.05) is 17.4 Å². The van der Waals surface area contributed by atoms with Crippen molar-refractivity contribution in [1.82, 2.24) is 21.1 Å². The van der Waals surface area contributed by atoms with Crippen LogP contribution in [0, 0.1) is 0 Å². The van der Waals surface area contributed by atoms with Crippen molar-refractivity contribution in [2.75, 3.05) is 19.6 Å². The minimum Gasteiger partial charge on any atom is -0.309 e. The number of hydrogen-bond donors (Lipinski definition) is 3.